The highest BCUT2D eigenvalue weighted by molar-refractivity contribution is 6.08. The van der Waals surface area contributed by atoms with Gasteiger partial charge in [0, 0.05) is 27.7 Å². The lowest BCUT2D eigenvalue weighted by Crippen LogP contribution is -2.26. The summed E-state index contributed by atoms with van der Waals surface area (Å²) >= 11 is 0. The zero-order valence-corrected chi connectivity index (χ0v) is 35.4. The maximum absolute atomic E-state index is 6.37. The molecule has 2 aliphatic carbocycles. The van der Waals surface area contributed by atoms with E-state index in [2.05, 4.69) is 235 Å². The van der Waals surface area contributed by atoms with E-state index in [1.165, 1.54) is 88.3 Å². The molecule has 0 radical (unpaired) electrons. The topological polar surface area (TPSA) is 16.4 Å². The van der Waals surface area contributed by atoms with Gasteiger partial charge in [0.2, 0.25) is 0 Å². The van der Waals surface area contributed by atoms with Crippen LogP contribution in [-0.4, -0.2) is 0 Å². The molecule has 0 amide bonds. The predicted molar refractivity (Wildman–Crippen MR) is 271 cm³/mol. The molecule has 0 bridgehead atoms. The van der Waals surface area contributed by atoms with Crippen molar-refractivity contribution in [2.24, 2.45) is 0 Å². The predicted octanol–water partition coefficient (Wildman–Crippen LogP) is 17.0. The Labute approximate surface area is 376 Å². The molecule has 0 atom stereocenters. The second kappa shape index (κ2) is 13.8. The third-order valence-corrected chi connectivity index (χ3v) is 14.2. The van der Waals surface area contributed by atoms with Crippen LogP contribution in [0.15, 0.2) is 241 Å². The molecular weight excluding hydrogens is 787 g/mol. The second-order valence-corrected chi connectivity index (χ2v) is 17.6. The van der Waals surface area contributed by atoms with Crippen LogP contribution in [0.3, 0.4) is 0 Å². The second-order valence-electron chi connectivity index (χ2n) is 17.6. The molecule has 11 aromatic carbocycles. The van der Waals surface area contributed by atoms with E-state index in [0.29, 0.717) is 0 Å². The highest BCUT2D eigenvalue weighted by atomic mass is 16.3. The Balaban J connectivity index is 0.925. The fourth-order valence-corrected chi connectivity index (χ4v) is 11.4. The quantitative estimate of drug-likeness (QED) is 0.172. The van der Waals surface area contributed by atoms with Crippen LogP contribution in [0.25, 0.3) is 88.0 Å². The van der Waals surface area contributed by atoms with Crippen molar-refractivity contribution in [3.05, 3.63) is 259 Å². The van der Waals surface area contributed by atoms with Gasteiger partial charge in [0.1, 0.15) is 11.2 Å². The molecule has 14 rings (SSSR count). The Hall–Kier alpha value is -8.46. The molecule has 65 heavy (non-hydrogen) atoms. The summed E-state index contributed by atoms with van der Waals surface area (Å²) in [5.41, 5.74) is 19.9. The molecule has 1 heterocycles. The highest BCUT2D eigenvalue weighted by Gasteiger charge is 2.52. The van der Waals surface area contributed by atoms with E-state index >= 15 is 0 Å². The van der Waals surface area contributed by atoms with Crippen LogP contribution in [0.2, 0.25) is 0 Å². The van der Waals surface area contributed by atoms with Gasteiger partial charge in [0.05, 0.1) is 11.1 Å². The minimum absolute atomic E-state index is 0.443. The van der Waals surface area contributed by atoms with E-state index < -0.39 is 5.41 Å². The van der Waals surface area contributed by atoms with Crippen molar-refractivity contribution in [2.75, 3.05) is 4.90 Å². The number of para-hydroxylation sites is 1. The van der Waals surface area contributed by atoms with Crippen LogP contribution in [0, 0.1) is 0 Å². The van der Waals surface area contributed by atoms with Gasteiger partial charge in [0.25, 0.3) is 0 Å². The van der Waals surface area contributed by atoms with Crippen LogP contribution >= 0.6 is 0 Å². The van der Waals surface area contributed by atoms with E-state index in [-0.39, 0.29) is 0 Å². The van der Waals surface area contributed by atoms with E-state index in [9.17, 15) is 0 Å². The molecule has 0 saturated carbocycles. The Morgan fingerprint density at radius 2 is 0.800 bits per heavy atom. The normalized spacial score (nSPS) is 13.0. The van der Waals surface area contributed by atoms with Gasteiger partial charge in [-0.05, 0) is 143 Å². The van der Waals surface area contributed by atoms with Crippen molar-refractivity contribution in [2.45, 2.75) is 5.41 Å². The molecule has 0 N–H and O–H groups in total. The summed E-state index contributed by atoms with van der Waals surface area (Å²) in [7, 11) is 0. The lowest BCUT2D eigenvalue weighted by Gasteiger charge is -2.31. The number of rotatable bonds is 5. The molecule has 12 aromatic rings. The number of furan rings is 1. The summed E-state index contributed by atoms with van der Waals surface area (Å²) in [6.07, 6.45) is 0. The first kappa shape index (κ1) is 36.1. The van der Waals surface area contributed by atoms with Crippen molar-refractivity contribution in [1.29, 1.82) is 0 Å². The molecule has 1 aromatic heterocycles. The fraction of sp³-hybridized carbons (Fsp3) is 0.0159. The Morgan fingerprint density at radius 3 is 1.51 bits per heavy atom. The van der Waals surface area contributed by atoms with Gasteiger partial charge < -0.3 is 9.32 Å². The molecule has 2 aliphatic rings. The van der Waals surface area contributed by atoms with Gasteiger partial charge in [-0.15, -0.1) is 0 Å². The maximum Gasteiger partial charge on any atom is 0.135 e. The summed E-state index contributed by atoms with van der Waals surface area (Å²) in [6, 6.07) is 87.2. The smallest absolute Gasteiger partial charge is 0.135 e. The van der Waals surface area contributed by atoms with Gasteiger partial charge in [-0.3, -0.25) is 0 Å². The minimum atomic E-state index is -0.443. The van der Waals surface area contributed by atoms with E-state index in [0.717, 1.165) is 39.0 Å². The lowest BCUT2D eigenvalue weighted by molar-refractivity contribution is 0.669. The van der Waals surface area contributed by atoms with Gasteiger partial charge in [-0.25, -0.2) is 0 Å². The molecule has 0 saturated heterocycles. The summed E-state index contributed by atoms with van der Waals surface area (Å²) < 4.78 is 6.37. The standard InChI is InChI=1S/C63H39NO/c1-2-13-42-36-44(25-24-40(42)12-1)47-29-28-45-37-43(26-27-46(45)38-47)41-30-32-48(33-31-41)64(49-34-35-61-54(39-49)52-16-6-10-23-60(52)65-61)59-22-11-21-58-62(59)53-17-5-9-20-57(53)63(58)55-18-7-3-14-50(55)51-15-4-8-19-56(51)63/h1-39H. The summed E-state index contributed by atoms with van der Waals surface area (Å²) in [6.45, 7) is 0. The zero-order chi connectivity index (χ0) is 42.6. The van der Waals surface area contributed by atoms with E-state index in [1.807, 2.05) is 6.07 Å². The third kappa shape index (κ3) is 5.23. The number of hydrogen-bond donors (Lipinski definition) is 0. The molecule has 0 aliphatic heterocycles. The first-order chi connectivity index (χ1) is 32.2. The maximum atomic E-state index is 6.37. The summed E-state index contributed by atoms with van der Waals surface area (Å²) in [5, 5.41) is 7.18. The highest BCUT2D eigenvalue weighted by Crippen LogP contribution is 2.64. The molecule has 2 heteroatoms. The van der Waals surface area contributed by atoms with Crippen molar-refractivity contribution >= 4 is 60.5 Å². The lowest BCUT2D eigenvalue weighted by atomic mass is 9.70. The van der Waals surface area contributed by atoms with E-state index in [1.54, 1.807) is 0 Å². The van der Waals surface area contributed by atoms with Crippen LogP contribution in [0.4, 0.5) is 17.1 Å². The monoisotopic (exact) mass is 825 g/mol. The van der Waals surface area contributed by atoms with Crippen LogP contribution in [0.1, 0.15) is 22.3 Å². The molecule has 0 fully saturated rings. The number of benzene rings is 11. The minimum Gasteiger partial charge on any atom is -0.456 e. The van der Waals surface area contributed by atoms with Gasteiger partial charge >= 0.3 is 0 Å². The average Bonchev–Trinajstić information content (AvgIpc) is 4.00. The van der Waals surface area contributed by atoms with Crippen molar-refractivity contribution in [3.8, 4) is 44.5 Å². The van der Waals surface area contributed by atoms with Gasteiger partial charge in [-0.2, -0.15) is 0 Å². The SMILES string of the molecule is c1ccc2c(c1)-c1ccccc1C21c2ccccc2-c2c(N(c3ccc(-c4ccc5cc(-c6ccc7ccccc7c6)ccc5c4)cc3)c3ccc4oc5ccccc5c4c3)cccc21. The number of hydrogen-bond acceptors (Lipinski definition) is 2. The van der Waals surface area contributed by atoms with Crippen molar-refractivity contribution < 1.29 is 4.42 Å². The summed E-state index contributed by atoms with van der Waals surface area (Å²) in [5.74, 6) is 0. The third-order valence-electron chi connectivity index (χ3n) is 14.2. The Morgan fingerprint density at radius 1 is 0.308 bits per heavy atom. The summed E-state index contributed by atoms with van der Waals surface area (Å²) in [4.78, 5) is 2.46. The molecule has 2 nitrogen and oxygen atoms in total. The number of anilines is 3. The van der Waals surface area contributed by atoms with Crippen LogP contribution in [0.5, 0.6) is 0 Å². The first-order valence-electron chi connectivity index (χ1n) is 22.5. The first-order valence-corrected chi connectivity index (χ1v) is 22.5. The average molecular weight is 826 g/mol. The molecular formula is C63H39NO. The van der Waals surface area contributed by atoms with Crippen molar-refractivity contribution in [1.82, 2.24) is 0 Å². The van der Waals surface area contributed by atoms with Crippen molar-refractivity contribution in [3.63, 3.8) is 0 Å². The Bertz CT molecular complexity index is 3860. The van der Waals surface area contributed by atoms with Gasteiger partial charge in [-0.1, -0.05) is 176 Å². The number of fused-ring (bicyclic) bond motifs is 15. The van der Waals surface area contributed by atoms with E-state index in [4.69, 9.17) is 4.42 Å². The van der Waals surface area contributed by atoms with Gasteiger partial charge in [0.15, 0.2) is 0 Å². The molecule has 0 unspecified atom stereocenters. The number of nitrogens with zero attached hydrogens (tertiary/aromatic N) is 1. The largest absolute Gasteiger partial charge is 0.456 e. The van der Waals surface area contributed by atoms with Crippen LogP contribution < -0.4 is 4.90 Å². The molecule has 1 spiro atoms. The zero-order valence-electron chi connectivity index (χ0n) is 35.4. The van der Waals surface area contributed by atoms with Crippen LogP contribution in [-0.2, 0) is 5.41 Å². The Kier molecular flexibility index (Phi) is 7.64. The fourth-order valence-electron chi connectivity index (χ4n) is 11.4. The molecule has 302 valence electrons.